The Hall–Kier alpha value is -9.96. The number of phenols is 2. The molecule has 1 aliphatic carbocycles. The Morgan fingerprint density at radius 2 is 0.756 bits per heavy atom. The summed E-state index contributed by atoms with van der Waals surface area (Å²) in [6.45, 7) is 1.29. The van der Waals surface area contributed by atoms with Crippen LogP contribution in [0.5, 0.6) is 34.5 Å². The molecule has 0 unspecified atom stereocenters. The van der Waals surface area contributed by atoms with Crippen LogP contribution >= 0.6 is 0 Å². The maximum atomic E-state index is 12.5. The monoisotopic (exact) mass is 1030 g/mol. The van der Waals surface area contributed by atoms with Gasteiger partial charge in [0, 0.05) is 47.9 Å². The number of nitrogens with zero attached hydrogens (tertiary/aromatic N) is 10. The first-order chi connectivity index (χ1) is 38.3. The molecular weight excluding hydrogens is 981 g/mol. The van der Waals surface area contributed by atoms with Gasteiger partial charge >= 0.3 is 0 Å². The van der Waals surface area contributed by atoms with Crippen LogP contribution in [0, 0.1) is 0 Å². The molecule has 11 rings (SSSR count). The van der Waals surface area contributed by atoms with Crippen LogP contribution in [0.1, 0.15) is 67.0 Å². The highest BCUT2D eigenvalue weighted by Crippen LogP contribution is 2.41. The van der Waals surface area contributed by atoms with Gasteiger partial charge in [0.25, 0.3) is 0 Å². The number of methoxy groups -OCH3 is 2. The molecule has 2 aromatic heterocycles. The van der Waals surface area contributed by atoms with Gasteiger partial charge in [0.2, 0.25) is 0 Å². The average Bonchev–Trinajstić information content (AvgIpc) is 4.15. The van der Waals surface area contributed by atoms with Crippen LogP contribution in [0.3, 0.4) is 0 Å². The number of aromatic nitrogens is 6. The molecule has 0 radical (unpaired) electrons. The number of hydrogen-bond acceptors (Lipinski definition) is 14. The minimum absolute atomic E-state index is 0.0975. The van der Waals surface area contributed by atoms with E-state index in [9.17, 15) is 10.2 Å². The smallest absolute Gasteiger partial charge is 0.134 e. The Bertz CT molecular complexity index is 3410. The Morgan fingerprint density at radius 1 is 0.410 bits per heavy atom. The van der Waals surface area contributed by atoms with Gasteiger partial charge in [0.15, 0.2) is 0 Å². The zero-order chi connectivity index (χ0) is 53.2. The zero-order valence-electron chi connectivity index (χ0n) is 43.0. The molecule has 0 aliphatic heterocycles. The molecule has 16 heteroatoms. The summed E-state index contributed by atoms with van der Waals surface area (Å²) in [5.74, 6) is 2.74. The van der Waals surface area contributed by atoms with Crippen LogP contribution in [-0.2, 0) is 52.0 Å². The fourth-order valence-electron chi connectivity index (χ4n) is 9.49. The summed E-state index contributed by atoms with van der Waals surface area (Å²) in [5, 5.41) is 61.4. The highest BCUT2D eigenvalue weighted by atomic mass is 16.5. The predicted octanol–water partition coefficient (Wildman–Crippen LogP) is 13.1. The van der Waals surface area contributed by atoms with E-state index in [0.29, 0.717) is 92.5 Å². The van der Waals surface area contributed by atoms with E-state index >= 15 is 0 Å². The summed E-state index contributed by atoms with van der Waals surface area (Å²) in [7, 11) is 3.23. The van der Waals surface area contributed by atoms with Crippen LogP contribution in [0.4, 0.5) is 22.7 Å². The Kier molecular flexibility index (Phi) is 15.0. The van der Waals surface area contributed by atoms with Crippen LogP contribution < -0.4 is 18.9 Å². The molecule has 0 saturated heterocycles. The van der Waals surface area contributed by atoms with Gasteiger partial charge in [-0.3, -0.25) is 0 Å². The second-order valence-electron chi connectivity index (χ2n) is 18.9. The van der Waals surface area contributed by atoms with E-state index in [4.69, 9.17) is 29.2 Å². The summed E-state index contributed by atoms with van der Waals surface area (Å²) in [4.78, 5) is 0. The molecule has 16 nitrogen and oxygen atoms in total. The van der Waals surface area contributed by atoms with Gasteiger partial charge in [0.05, 0.1) is 62.5 Å². The van der Waals surface area contributed by atoms with Gasteiger partial charge in [-0.2, -0.15) is 20.5 Å². The second-order valence-corrected chi connectivity index (χ2v) is 18.9. The number of benzene rings is 8. The van der Waals surface area contributed by atoms with Crippen molar-refractivity contribution in [2.75, 3.05) is 14.2 Å². The quantitative estimate of drug-likeness (QED) is 0.0881. The third kappa shape index (κ3) is 12.1. The number of para-hydroxylation sites is 2. The summed E-state index contributed by atoms with van der Waals surface area (Å²) in [5.41, 5.74) is 11.3. The van der Waals surface area contributed by atoms with Gasteiger partial charge in [0.1, 0.15) is 59.1 Å². The van der Waals surface area contributed by atoms with E-state index in [1.54, 1.807) is 23.6 Å². The van der Waals surface area contributed by atoms with Crippen LogP contribution in [-0.4, -0.2) is 54.4 Å². The molecule has 10 aromatic rings. The molecule has 0 spiro atoms. The first kappa shape index (κ1) is 50.2. The van der Waals surface area contributed by atoms with Crippen molar-refractivity contribution in [3.8, 4) is 34.5 Å². The molecule has 0 fully saturated rings. The Balaban J connectivity index is 1.02. The summed E-state index contributed by atoms with van der Waals surface area (Å²) >= 11 is 0. The first-order valence-electron chi connectivity index (χ1n) is 25.4. The molecule has 0 amide bonds. The van der Waals surface area contributed by atoms with Crippen LogP contribution in [0.25, 0.3) is 0 Å². The molecule has 8 aromatic carbocycles. The highest BCUT2D eigenvalue weighted by molar-refractivity contribution is 5.61. The van der Waals surface area contributed by atoms with E-state index in [2.05, 4.69) is 30.9 Å². The Morgan fingerprint density at radius 3 is 1.10 bits per heavy atom. The molecule has 8 bridgehead atoms. The van der Waals surface area contributed by atoms with Crippen molar-refractivity contribution < 1.29 is 29.2 Å². The molecule has 2 N–H and O–H groups in total. The number of rotatable bonds is 16. The SMILES string of the molecule is COc1ccc(N=Nc2cc3c(O)c(c2)Cc2cccc(c2OCc2cn(Cc4ccccc4)nn2)Cc2cc(N=Nc4ccc(OC)cc4)cc(c2O)Cc2cccc(c2OCc2cn(Cc4ccccc4)nn2)C3)cc1. The predicted molar refractivity (Wildman–Crippen MR) is 294 cm³/mol. The second kappa shape index (κ2) is 23.3. The molecular formula is C62H54N10O6. The molecule has 2 heterocycles. The fourth-order valence-corrected chi connectivity index (χ4v) is 9.49. The first-order valence-corrected chi connectivity index (χ1v) is 25.4. The standard InChI is InChI=1S/C62H54N10O6/c1-75-57-23-19-51(20-24-57)63-65-53-31-47-27-43-15-9-17-45(61(43)77-39-55-37-71(69-67-55)35-41-11-5-3-6-12-41)29-49-33-54(66-64-52-21-25-58(76-2)26-22-52)34-50(60(49)74)30-46-18-10-16-44(28-48(32-53)59(47)73)62(46)78-40-56-38-72(70-68-56)36-42-13-7-4-8-14-42/h3-26,31-34,37-38,73-74H,27-30,35-36,39-40H2,1-2H3. The van der Waals surface area contributed by atoms with E-state index in [-0.39, 0.29) is 50.4 Å². The lowest BCUT2D eigenvalue weighted by Crippen LogP contribution is -2.07. The van der Waals surface area contributed by atoms with E-state index in [0.717, 1.165) is 33.4 Å². The summed E-state index contributed by atoms with van der Waals surface area (Å²) < 4.78 is 28.0. The maximum absolute atomic E-state index is 12.5. The number of fused-ring (bicyclic) bond motifs is 8. The summed E-state index contributed by atoms with van der Waals surface area (Å²) in [6, 6.07) is 54.0. The maximum Gasteiger partial charge on any atom is 0.134 e. The van der Waals surface area contributed by atoms with Gasteiger partial charge in [-0.05, 0) is 106 Å². The minimum Gasteiger partial charge on any atom is -0.507 e. The average molecular weight is 1040 g/mol. The van der Waals surface area contributed by atoms with Gasteiger partial charge in [-0.1, -0.05) is 107 Å². The largest absolute Gasteiger partial charge is 0.507 e. The number of ether oxygens (including phenoxy) is 4. The molecule has 78 heavy (non-hydrogen) atoms. The van der Waals surface area contributed by atoms with E-state index in [1.165, 1.54) is 0 Å². The number of azo groups is 2. The number of hydrogen-bond donors (Lipinski definition) is 2. The third-order valence-corrected chi connectivity index (χ3v) is 13.4. The van der Waals surface area contributed by atoms with Crippen molar-refractivity contribution in [1.29, 1.82) is 0 Å². The highest BCUT2D eigenvalue weighted by Gasteiger charge is 2.23. The topological polar surface area (TPSA) is 188 Å². The lowest BCUT2D eigenvalue weighted by atomic mass is 9.91. The minimum atomic E-state index is 0.0975. The van der Waals surface area contributed by atoms with Gasteiger partial charge < -0.3 is 29.2 Å². The fraction of sp³-hybridized carbons (Fsp3) is 0.161. The number of phenolic OH excluding ortho intramolecular Hbond substituents is 2. The molecule has 0 atom stereocenters. The van der Waals surface area contributed by atoms with Crippen LogP contribution in [0.15, 0.2) is 203 Å². The van der Waals surface area contributed by atoms with E-state index < -0.39 is 0 Å². The van der Waals surface area contributed by atoms with Crippen LogP contribution in [0.2, 0.25) is 0 Å². The number of aromatic hydroxyl groups is 2. The van der Waals surface area contributed by atoms with Gasteiger partial charge in [-0.25, -0.2) is 9.36 Å². The molecule has 0 saturated carbocycles. The zero-order valence-corrected chi connectivity index (χ0v) is 43.0. The molecule has 388 valence electrons. The third-order valence-electron chi connectivity index (χ3n) is 13.4. The van der Waals surface area contributed by atoms with Crippen molar-refractivity contribution in [2.24, 2.45) is 20.5 Å². The van der Waals surface area contributed by atoms with Crippen molar-refractivity contribution in [3.05, 3.63) is 249 Å². The lowest BCUT2D eigenvalue weighted by molar-refractivity contribution is 0.295. The van der Waals surface area contributed by atoms with E-state index in [1.807, 2.05) is 182 Å². The van der Waals surface area contributed by atoms with Crippen molar-refractivity contribution in [2.45, 2.75) is 52.0 Å². The normalized spacial score (nSPS) is 12.2. The Labute approximate surface area is 450 Å². The van der Waals surface area contributed by atoms with Gasteiger partial charge in [-0.15, -0.1) is 10.2 Å². The summed E-state index contributed by atoms with van der Waals surface area (Å²) in [6.07, 6.45) is 4.71. The van der Waals surface area contributed by atoms with Crippen molar-refractivity contribution >= 4 is 22.7 Å². The van der Waals surface area contributed by atoms with Crippen molar-refractivity contribution in [3.63, 3.8) is 0 Å². The molecule has 1 aliphatic rings. The van der Waals surface area contributed by atoms with Crippen molar-refractivity contribution in [1.82, 2.24) is 30.0 Å². The lowest BCUT2D eigenvalue weighted by Gasteiger charge is -2.20.